The molecule has 0 atom stereocenters. The molecule has 0 unspecified atom stereocenters. The predicted octanol–water partition coefficient (Wildman–Crippen LogP) is 5.94. The quantitative estimate of drug-likeness (QED) is 0.307. The molecule has 1 saturated heterocycles. The van der Waals surface area contributed by atoms with Gasteiger partial charge in [-0.15, -0.1) is 0 Å². The number of para-hydroxylation sites is 1. The summed E-state index contributed by atoms with van der Waals surface area (Å²) in [6, 6.07) is 16.0. The van der Waals surface area contributed by atoms with Crippen LogP contribution in [0.5, 0.6) is 5.75 Å². The third-order valence-electron chi connectivity index (χ3n) is 8.13. The van der Waals surface area contributed by atoms with Crippen molar-refractivity contribution in [1.29, 1.82) is 0 Å². The zero-order valence-corrected chi connectivity index (χ0v) is 23.4. The molecule has 4 rings (SSSR count). The Labute approximate surface area is 228 Å². The average molecular weight is 520 g/mol. The number of anilines is 1. The maximum absolute atomic E-state index is 13.1. The predicted molar refractivity (Wildman–Crippen MR) is 154 cm³/mol. The van der Waals surface area contributed by atoms with Gasteiger partial charge in [-0.2, -0.15) is 0 Å². The van der Waals surface area contributed by atoms with Gasteiger partial charge in [-0.25, -0.2) is 0 Å². The zero-order chi connectivity index (χ0) is 26.7. The number of hydrogen-bond acceptors (Lipinski definition) is 4. The molecule has 0 radical (unpaired) electrons. The lowest BCUT2D eigenvalue weighted by Gasteiger charge is -2.41. The van der Waals surface area contributed by atoms with Crippen molar-refractivity contribution in [2.75, 3.05) is 44.2 Å². The van der Waals surface area contributed by atoms with Gasteiger partial charge in [0.25, 0.3) is 5.91 Å². The molecule has 6 heteroatoms. The third-order valence-corrected chi connectivity index (χ3v) is 8.13. The number of likely N-dealkylation sites (tertiary alicyclic amines) is 1. The summed E-state index contributed by atoms with van der Waals surface area (Å²) < 4.78 is 5.92. The summed E-state index contributed by atoms with van der Waals surface area (Å²) >= 11 is 0. The summed E-state index contributed by atoms with van der Waals surface area (Å²) in [7, 11) is 0. The highest BCUT2D eigenvalue weighted by atomic mass is 16.5. The highest BCUT2D eigenvalue weighted by molar-refractivity contribution is 5.97. The van der Waals surface area contributed by atoms with Crippen LogP contribution in [0.25, 0.3) is 0 Å². The maximum Gasteiger partial charge on any atom is 0.253 e. The Balaban J connectivity index is 1.16. The Kier molecular flexibility index (Phi) is 10.6. The van der Waals surface area contributed by atoms with Gasteiger partial charge in [-0.05, 0) is 87.6 Å². The Morgan fingerprint density at radius 2 is 1.58 bits per heavy atom. The molecule has 6 nitrogen and oxygen atoms in total. The standard InChI is InChI=1S/C32H45N3O3/c1-3-33(4-2)22-10-6-5-7-11-25-38-29-17-14-27(15-18-29)32(37)34-23-20-28(21-24-34)35-30-13-9-8-12-26(30)16-19-31(35)36/h8-9,12-15,17-18,28H,3-7,10-11,16,19-25H2,1-2H3. The van der Waals surface area contributed by atoms with Crippen molar-refractivity contribution in [3.63, 3.8) is 0 Å². The van der Waals surface area contributed by atoms with Gasteiger partial charge in [0.1, 0.15) is 5.75 Å². The van der Waals surface area contributed by atoms with Crippen LogP contribution in [0.4, 0.5) is 5.69 Å². The van der Waals surface area contributed by atoms with E-state index in [1.807, 2.05) is 46.2 Å². The number of benzene rings is 2. The van der Waals surface area contributed by atoms with Gasteiger partial charge in [0.15, 0.2) is 0 Å². The summed E-state index contributed by atoms with van der Waals surface area (Å²) in [6.45, 7) is 10.0. The summed E-state index contributed by atoms with van der Waals surface area (Å²) in [4.78, 5) is 32.3. The van der Waals surface area contributed by atoms with Crippen LogP contribution in [0.15, 0.2) is 48.5 Å². The fourth-order valence-corrected chi connectivity index (χ4v) is 5.76. The van der Waals surface area contributed by atoms with Gasteiger partial charge in [-0.3, -0.25) is 9.59 Å². The molecule has 2 amide bonds. The Morgan fingerprint density at radius 1 is 0.895 bits per heavy atom. The fraction of sp³-hybridized carbons (Fsp3) is 0.562. The van der Waals surface area contributed by atoms with E-state index in [4.69, 9.17) is 4.74 Å². The molecule has 0 spiro atoms. The van der Waals surface area contributed by atoms with E-state index in [9.17, 15) is 9.59 Å². The van der Waals surface area contributed by atoms with Gasteiger partial charge in [0, 0.05) is 36.8 Å². The number of piperidine rings is 1. The number of carbonyl (C=O) groups is 2. The summed E-state index contributed by atoms with van der Waals surface area (Å²) in [5.41, 5.74) is 3.00. The van der Waals surface area contributed by atoms with Crippen LogP contribution in [0.2, 0.25) is 0 Å². The van der Waals surface area contributed by atoms with Crippen LogP contribution in [0.3, 0.4) is 0 Å². The highest BCUT2D eigenvalue weighted by Crippen LogP contribution is 2.32. The Morgan fingerprint density at radius 3 is 2.32 bits per heavy atom. The minimum atomic E-state index is 0.0603. The molecular formula is C32H45N3O3. The van der Waals surface area contributed by atoms with Crippen molar-refractivity contribution in [2.24, 2.45) is 0 Å². The Bertz CT molecular complexity index is 1030. The SMILES string of the molecule is CCN(CC)CCCCCCCOc1ccc(C(=O)N2CCC(N3C(=O)CCc4ccccc43)CC2)cc1. The number of fused-ring (bicyclic) bond motifs is 1. The second-order valence-corrected chi connectivity index (χ2v) is 10.6. The van der Waals surface area contributed by atoms with E-state index in [2.05, 4.69) is 30.9 Å². The lowest BCUT2D eigenvalue weighted by Crippen LogP contribution is -2.50. The molecule has 38 heavy (non-hydrogen) atoms. The van der Waals surface area contributed by atoms with E-state index < -0.39 is 0 Å². The first-order valence-corrected chi connectivity index (χ1v) is 14.7. The van der Waals surface area contributed by atoms with Crippen molar-refractivity contribution in [3.8, 4) is 5.75 Å². The lowest BCUT2D eigenvalue weighted by atomic mass is 9.95. The first-order valence-electron chi connectivity index (χ1n) is 14.7. The number of carbonyl (C=O) groups excluding carboxylic acids is 2. The number of unbranched alkanes of at least 4 members (excludes halogenated alkanes) is 4. The summed E-state index contributed by atoms with van der Waals surface area (Å²) in [5, 5.41) is 0. The molecule has 0 N–H and O–H groups in total. The number of nitrogens with zero attached hydrogens (tertiary/aromatic N) is 3. The van der Waals surface area contributed by atoms with Gasteiger partial charge < -0.3 is 19.4 Å². The van der Waals surface area contributed by atoms with Crippen LogP contribution in [-0.2, 0) is 11.2 Å². The third kappa shape index (κ3) is 7.37. The molecule has 0 aromatic heterocycles. The summed E-state index contributed by atoms with van der Waals surface area (Å²) in [6.07, 6.45) is 9.08. The van der Waals surface area contributed by atoms with Gasteiger partial charge >= 0.3 is 0 Å². The molecule has 206 valence electrons. The number of hydrogen-bond donors (Lipinski definition) is 0. The molecule has 2 aromatic carbocycles. The van der Waals surface area contributed by atoms with Crippen LogP contribution < -0.4 is 9.64 Å². The van der Waals surface area contributed by atoms with E-state index in [0.29, 0.717) is 25.1 Å². The molecule has 2 aliphatic rings. The molecule has 0 aliphatic carbocycles. The molecule has 2 aliphatic heterocycles. The second kappa shape index (κ2) is 14.3. The average Bonchev–Trinajstić information content (AvgIpc) is 2.96. The molecule has 1 fully saturated rings. The maximum atomic E-state index is 13.1. The molecule has 2 aromatic rings. The second-order valence-electron chi connectivity index (χ2n) is 10.6. The normalized spacial score (nSPS) is 16.1. The number of amides is 2. The first kappa shape index (κ1) is 28.2. The number of aryl methyl sites for hydroxylation is 1. The number of rotatable bonds is 13. The minimum Gasteiger partial charge on any atom is -0.494 e. The van der Waals surface area contributed by atoms with Crippen LogP contribution >= 0.6 is 0 Å². The van der Waals surface area contributed by atoms with Gasteiger partial charge in [-0.1, -0.05) is 51.3 Å². The van der Waals surface area contributed by atoms with E-state index in [-0.39, 0.29) is 17.9 Å². The van der Waals surface area contributed by atoms with Crippen molar-refractivity contribution in [2.45, 2.75) is 77.7 Å². The number of ether oxygens (including phenoxy) is 1. The summed E-state index contributed by atoms with van der Waals surface area (Å²) in [5.74, 6) is 1.09. The monoisotopic (exact) mass is 519 g/mol. The largest absolute Gasteiger partial charge is 0.494 e. The molecule has 0 bridgehead atoms. The minimum absolute atomic E-state index is 0.0603. The zero-order valence-electron chi connectivity index (χ0n) is 23.4. The first-order chi connectivity index (χ1) is 18.6. The lowest BCUT2D eigenvalue weighted by molar-refractivity contribution is -0.119. The van der Waals surface area contributed by atoms with Crippen molar-refractivity contribution in [1.82, 2.24) is 9.80 Å². The van der Waals surface area contributed by atoms with Crippen molar-refractivity contribution < 1.29 is 14.3 Å². The van der Waals surface area contributed by atoms with Crippen molar-refractivity contribution in [3.05, 3.63) is 59.7 Å². The Hall–Kier alpha value is -2.86. The van der Waals surface area contributed by atoms with E-state index in [1.165, 1.54) is 37.8 Å². The topological polar surface area (TPSA) is 53.1 Å². The van der Waals surface area contributed by atoms with Gasteiger partial charge in [0.2, 0.25) is 5.91 Å². The smallest absolute Gasteiger partial charge is 0.253 e. The fourth-order valence-electron chi connectivity index (χ4n) is 5.76. The van der Waals surface area contributed by atoms with E-state index in [0.717, 1.165) is 56.8 Å². The molecule has 2 heterocycles. The highest BCUT2D eigenvalue weighted by Gasteiger charge is 2.33. The van der Waals surface area contributed by atoms with Crippen LogP contribution in [0, 0.1) is 0 Å². The van der Waals surface area contributed by atoms with Gasteiger partial charge in [0.05, 0.1) is 6.61 Å². The molecular weight excluding hydrogens is 474 g/mol. The van der Waals surface area contributed by atoms with Crippen molar-refractivity contribution >= 4 is 17.5 Å². The van der Waals surface area contributed by atoms with Crippen LogP contribution in [-0.4, -0.2) is 67.0 Å². The molecule has 0 saturated carbocycles. The van der Waals surface area contributed by atoms with Crippen LogP contribution in [0.1, 0.15) is 81.1 Å². The van der Waals surface area contributed by atoms with E-state index in [1.54, 1.807) is 0 Å². The van der Waals surface area contributed by atoms with E-state index >= 15 is 0 Å².